The number of benzene rings is 2. The third-order valence-corrected chi connectivity index (χ3v) is 6.99. The first-order valence-electron chi connectivity index (χ1n) is 10.5. The van der Waals surface area contributed by atoms with Crippen LogP contribution in [-0.4, -0.2) is 38.3 Å². The number of amides is 1. The Labute approximate surface area is 194 Å². The number of hydrogen-bond acceptors (Lipinski definition) is 4. The molecule has 2 aromatic carbocycles. The zero-order chi connectivity index (χ0) is 23.0. The minimum Gasteiger partial charge on any atom is -0.492 e. The number of nitrogens with one attached hydrogen (secondary N) is 1. The molecule has 2 aromatic rings. The van der Waals surface area contributed by atoms with Gasteiger partial charge in [0.25, 0.3) is 5.91 Å². The normalized spacial score (nSPS) is 11.7. The number of ether oxygens (including phenoxy) is 1. The standard InChI is InChI=1S/C23H31BrN2O4S/c1-5-13-26(14-6-2)31(28,29)20-10-8-19(9-11-20)25-23(27)18-7-12-22(21(24)15-18)30-16-17(3)4/h7-12,15,17H,5-6,13-14,16H2,1-4H3,(H,25,27). The Kier molecular flexibility index (Phi) is 9.53. The maximum absolute atomic E-state index is 12.9. The molecule has 31 heavy (non-hydrogen) atoms. The fourth-order valence-corrected chi connectivity index (χ4v) is 5.05. The Morgan fingerprint density at radius 2 is 1.68 bits per heavy atom. The molecule has 0 heterocycles. The number of rotatable bonds is 11. The Bertz CT molecular complexity index is 970. The topological polar surface area (TPSA) is 75.7 Å². The highest BCUT2D eigenvalue weighted by Crippen LogP contribution is 2.27. The fourth-order valence-electron chi connectivity index (χ4n) is 2.93. The van der Waals surface area contributed by atoms with Crippen LogP contribution in [0.2, 0.25) is 0 Å². The van der Waals surface area contributed by atoms with Crippen molar-refractivity contribution in [1.82, 2.24) is 4.31 Å². The van der Waals surface area contributed by atoms with E-state index in [4.69, 9.17) is 4.74 Å². The molecule has 0 aliphatic heterocycles. The smallest absolute Gasteiger partial charge is 0.255 e. The van der Waals surface area contributed by atoms with Crippen LogP contribution in [0.25, 0.3) is 0 Å². The minimum atomic E-state index is -3.54. The SMILES string of the molecule is CCCN(CCC)S(=O)(=O)c1ccc(NC(=O)c2ccc(OCC(C)C)c(Br)c2)cc1. The Hall–Kier alpha value is -1.90. The van der Waals surface area contributed by atoms with E-state index in [0.717, 1.165) is 12.8 Å². The van der Waals surface area contributed by atoms with Crippen molar-refractivity contribution in [2.75, 3.05) is 25.0 Å². The van der Waals surface area contributed by atoms with Gasteiger partial charge in [0.1, 0.15) is 5.75 Å². The first-order valence-corrected chi connectivity index (χ1v) is 12.8. The molecule has 6 nitrogen and oxygen atoms in total. The average molecular weight is 511 g/mol. The van der Waals surface area contributed by atoms with Crippen molar-refractivity contribution in [3.05, 3.63) is 52.5 Å². The van der Waals surface area contributed by atoms with E-state index in [2.05, 4.69) is 35.1 Å². The third-order valence-electron chi connectivity index (χ3n) is 4.46. The summed E-state index contributed by atoms with van der Waals surface area (Å²) in [6.45, 7) is 9.61. The number of hydrogen-bond donors (Lipinski definition) is 1. The van der Waals surface area contributed by atoms with Gasteiger partial charge in [-0.05, 0) is 77.2 Å². The maximum atomic E-state index is 12.9. The van der Waals surface area contributed by atoms with Gasteiger partial charge in [0.15, 0.2) is 0 Å². The monoisotopic (exact) mass is 510 g/mol. The second-order valence-corrected chi connectivity index (χ2v) is 10.5. The molecule has 8 heteroatoms. The summed E-state index contributed by atoms with van der Waals surface area (Å²) in [7, 11) is -3.54. The lowest BCUT2D eigenvalue weighted by atomic mass is 10.2. The number of nitrogens with zero attached hydrogens (tertiary/aromatic N) is 1. The Morgan fingerprint density at radius 3 is 2.19 bits per heavy atom. The molecule has 0 spiro atoms. The van der Waals surface area contributed by atoms with Gasteiger partial charge in [0.05, 0.1) is 16.0 Å². The van der Waals surface area contributed by atoms with Crippen molar-refractivity contribution < 1.29 is 17.9 Å². The lowest BCUT2D eigenvalue weighted by Crippen LogP contribution is -2.32. The summed E-state index contributed by atoms with van der Waals surface area (Å²) >= 11 is 3.44. The number of sulfonamides is 1. The number of carbonyl (C=O) groups excluding carboxylic acids is 1. The number of halogens is 1. The van der Waals surface area contributed by atoms with Gasteiger partial charge in [-0.1, -0.05) is 27.7 Å². The van der Waals surface area contributed by atoms with Crippen molar-refractivity contribution in [3.8, 4) is 5.75 Å². The summed E-state index contributed by atoms with van der Waals surface area (Å²) in [5, 5.41) is 2.80. The van der Waals surface area contributed by atoms with E-state index in [1.165, 1.54) is 16.4 Å². The summed E-state index contributed by atoms with van der Waals surface area (Å²) < 4.78 is 33.6. The molecular formula is C23H31BrN2O4S. The lowest BCUT2D eigenvalue weighted by molar-refractivity contribution is 0.102. The van der Waals surface area contributed by atoms with E-state index in [0.29, 0.717) is 47.1 Å². The van der Waals surface area contributed by atoms with Crippen molar-refractivity contribution in [2.24, 2.45) is 5.92 Å². The fraction of sp³-hybridized carbons (Fsp3) is 0.435. The van der Waals surface area contributed by atoms with Crippen LogP contribution < -0.4 is 10.1 Å². The van der Waals surface area contributed by atoms with Crippen LogP contribution in [0.5, 0.6) is 5.75 Å². The highest BCUT2D eigenvalue weighted by Gasteiger charge is 2.23. The predicted molar refractivity (Wildman–Crippen MR) is 128 cm³/mol. The first kappa shape index (κ1) is 25.4. The van der Waals surface area contributed by atoms with Crippen LogP contribution in [-0.2, 0) is 10.0 Å². The zero-order valence-electron chi connectivity index (χ0n) is 18.5. The molecule has 0 saturated heterocycles. The van der Waals surface area contributed by atoms with E-state index in [-0.39, 0.29) is 10.8 Å². The van der Waals surface area contributed by atoms with Gasteiger partial charge in [0.2, 0.25) is 10.0 Å². The predicted octanol–water partition coefficient (Wildman–Crippen LogP) is 5.55. The van der Waals surface area contributed by atoms with Gasteiger partial charge in [-0.2, -0.15) is 4.31 Å². The van der Waals surface area contributed by atoms with Gasteiger partial charge >= 0.3 is 0 Å². The molecule has 0 radical (unpaired) electrons. The highest BCUT2D eigenvalue weighted by molar-refractivity contribution is 9.10. The molecule has 0 bridgehead atoms. The molecule has 2 rings (SSSR count). The van der Waals surface area contributed by atoms with E-state index in [9.17, 15) is 13.2 Å². The molecule has 0 fully saturated rings. The van der Waals surface area contributed by atoms with Crippen LogP contribution in [0.15, 0.2) is 51.8 Å². The molecule has 0 unspecified atom stereocenters. The van der Waals surface area contributed by atoms with Crippen molar-refractivity contribution in [3.63, 3.8) is 0 Å². The van der Waals surface area contributed by atoms with Gasteiger partial charge < -0.3 is 10.1 Å². The van der Waals surface area contributed by atoms with Gasteiger partial charge in [0, 0.05) is 24.3 Å². The molecule has 1 N–H and O–H groups in total. The van der Waals surface area contributed by atoms with Crippen LogP contribution >= 0.6 is 15.9 Å². The number of anilines is 1. The summed E-state index contributed by atoms with van der Waals surface area (Å²) in [5.74, 6) is 0.798. The molecule has 0 saturated carbocycles. The van der Waals surface area contributed by atoms with Gasteiger partial charge in [-0.15, -0.1) is 0 Å². The second-order valence-electron chi connectivity index (χ2n) is 7.73. The van der Waals surface area contributed by atoms with Crippen molar-refractivity contribution >= 4 is 37.5 Å². The second kappa shape index (κ2) is 11.6. The first-order chi connectivity index (χ1) is 14.7. The molecule has 0 aliphatic carbocycles. The molecule has 170 valence electrons. The molecule has 0 aromatic heterocycles. The summed E-state index contributed by atoms with van der Waals surface area (Å²) in [6.07, 6.45) is 1.51. The van der Waals surface area contributed by atoms with E-state index >= 15 is 0 Å². The van der Waals surface area contributed by atoms with Gasteiger partial charge in [-0.3, -0.25) is 4.79 Å². The van der Waals surface area contributed by atoms with Gasteiger partial charge in [-0.25, -0.2) is 8.42 Å². The minimum absolute atomic E-state index is 0.224. The maximum Gasteiger partial charge on any atom is 0.255 e. The van der Waals surface area contributed by atoms with Crippen LogP contribution in [0.1, 0.15) is 50.9 Å². The zero-order valence-corrected chi connectivity index (χ0v) is 20.9. The Balaban J connectivity index is 2.10. The van der Waals surface area contributed by atoms with E-state index in [1.54, 1.807) is 30.3 Å². The Morgan fingerprint density at radius 1 is 1.06 bits per heavy atom. The highest BCUT2D eigenvalue weighted by atomic mass is 79.9. The lowest BCUT2D eigenvalue weighted by Gasteiger charge is -2.21. The summed E-state index contributed by atoms with van der Waals surface area (Å²) in [5.41, 5.74) is 0.996. The van der Waals surface area contributed by atoms with Crippen molar-refractivity contribution in [1.29, 1.82) is 0 Å². The largest absolute Gasteiger partial charge is 0.492 e. The summed E-state index contributed by atoms with van der Waals surface area (Å²) in [4.78, 5) is 12.8. The van der Waals surface area contributed by atoms with E-state index in [1.807, 2.05) is 13.8 Å². The van der Waals surface area contributed by atoms with Crippen LogP contribution in [0.3, 0.4) is 0 Å². The molecular weight excluding hydrogens is 480 g/mol. The third kappa shape index (κ3) is 7.05. The molecule has 1 amide bonds. The summed E-state index contributed by atoms with van der Waals surface area (Å²) in [6, 6.07) is 11.4. The molecule has 0 aliphatic rings. The number of carbonyl (C=O) groups is 1. The molecule has 0 atom stereocenters. The van der Waals surface area contributed by atoms with Crippen LogP contribution in [0.4, 0.5) is 5.69 Å². The average Bonchev–Trinajstić information content (AvgIpc) is 2.73. The van der Waals surface area contributed by atoms with Crippen LogP contribution in [0, 0.1) is 5.92 Å². The van der Waals surface area contributed by atoms with Crippen molar-refractivity contribution in [2.45, 2.75) is 45.4 Å². The quantitative estimate of drug-likeness (QED) is 0.430. The van der Waals surface area contributed by atoms with E-state index < -0.39 is 10.0 Å².